The van der Waals surface area contributed by atoms with Gasteiger partial charge in [-0.3, -0.25) is 9.00 Å². The van der Waals surface area contributed by atoms with E-state index < -0.39 is 20.8 Å². The zero-order chi connectivity index (χ0) is 22.1. The predicted octanol–water partition coefficient (Wildman–Crippen LogP) is 2.87. The van der Waals surface area contributed by atoms with Crippen molar-refractivity contribution < 1.29 is 17.4 Å². The first-order valence-corrected chi connectivity index (χ1v) is 12.8. The van der Waals surface area contributed by atoms with Crippen molar-refractivity contribution in [1.82, 2.24) is 9.21 Å². The molecule has 6 nitrogen and oxygen atoms in total. The Morgan fingerprint density at radius 1 is 0.900 bits per heavy atom. The van der Waals surface area contributed by atoms with Gasteiger partial charge in [0.2, 0.25) is 10.0 Å². The van der Waals surface area contributed by atoms with Gasteiger partial charge < -0.3 is 4.90 Å². The smallest absolute Gasteiger partial charge is 0.253 e. The first kappa shape index (κ1) is 22.7. The van der Waals surface area contributed by atoms with E-state index in [1.165, 1.54) is 4.31 Å². The van der Waals surface area contributed by atoms with E-state index in [1.54, 1.807) is 47.6 Å². The van der Waals surface area contributed by atoms with Crippen LogP contribution in [0.25, 0.3) is 0 Å². The van der Waals surface area contributed by atoms with Crippen molar-refractivity contribution in [2.75, 3.05) is 32.4 Å². The van der Waals surface area contributed by atoms with E-state index in [-0.39, 0.29) is 29.3 Å². The SMILES string of the molecule is CS(=O)c1ccc(C(=O)N2CCN(S(=O)(=O)c3ccc(C(C)(C)C)cc3)CC2)cc1. The minimum absolute atomic E-state index is 0.0430. The molecule has 1 aliphatic heterocycles. The van der Waals surface area contributed by atoms with Crippen LogP contribution in [-0.2, 0) is 26.2 Å². The molecule has 2 aromatic rings. The van der Waals surface area contributed by atoms with Crippen molar-refractivity contribution in [2.24, 2.45) is 0 Å². The molecule has 0 spiro atoms. The van der Waals surface area contributed by atoms with Crippen molar-refractivity contribution in [1.29, 1.82) is 0 Å². The molecule has 0 bridgehead atoms. The molecule has 0 radical (unpaired) electrons. The maximum absolute atomic E-state index is 13.0. The second-order valence-electron chi connectivity index (χ2n) is 8.45. The van der Waals surface area contributed by atoms with E-state index in [0.29, 0.717) is 23.5 Å². The molecular weight excluding hydrogens is 420 g/mol. The standard InChI is InChI=1S/C22H28N2O4S2/c1-22(2,3)18-7-11-20(12-8-18)30(27,28)24-15-13-23(14-16-24)21(25)17-5-9-19(10-6-17)29(4)26/h5-12H,13-16H2,1-4H3. The highest BCUT2D eigenvalue weighted by Crippen LogP contribution is 2.25. The Morgan fingerprint density at radius 2 is 1.43 bits per heavy atom. The first-order valence-electron chi connectivity index (χ1n) is 9.83. The van der Waals surface area contributed by atoms with Crippen LogP contribution in [0.15, 0.2) is 58.3 Å². The zero-order valence-corrected chi connectivity index (χ0v) is 19.4. The number of carbonyl (C=O) groups excluding carboxylic acids is 1. The second-order valence-corrected chi connectivity index (χ2v) is 11.8. The Morgan fingerprint density at radius 3 is 1.90 bits per heavy atom. The highest BCUT2D eigenvalue weighted by molar-refractivity contribution is 7.89. The van der Waals surface area contributed by atoms with Crippen molar-refractivity contribution in [2.45, 2.75) is 36.0 Å². The average Bonchev–Trinajstić information content (AvgIpc) is 2.73. The quantitative estimate of drug-likeness (QED) is 0.721. The third-order valence-electron chi connectivity index (χ3n) is 5.32. The molecule has 1 aliphatic rings. The van der Waals surface area contributed by atoms with Crippen LogP contribution in [-0.4, -0.2) is 60.2 Å². The summed E-state index contributed by atoms with van der Waals surface area (Å²) in [5.41, 5.74) is 1.55. The van der Waals surface area contributed by atoms with Crippen LogP contribution in [0, 0.1) is 0 Å². The highest BCUT2D eigenvalue weighted by Gasteiger charge is 2.30. The number of piperazine rings is 1. The fourth-order valence-electron chi connectivity index (χ4n) is 3.38. The summed E-state index contributed by atoms with van der Waals surface area (Å²) in [6.45, 7) is 7.43. The molecular formula is C22H28N2O4S2. The summed E-state index contributed by atoms with van der Waals surface area (Å²) in [5.74, 6) is -0.144. The van der Waals surface area contributed by atoms with E-state index in [2.05, 4.69) is 20.8 Å². The fourth-order valence-corrected chi connectivity index (χ4v) is 5.32. The summed E-state index contributed by atoms with van der Waals surface area (Å²) in [5, 5.41) is 0. The Labute approximate surface area is 181 Å². The maximum Gasteiger partial charge on any atom is 0.253 e. The lowest BCUT2D eigenvalue weighted by atomic mass is 9.87. The number of hydrogen-bond donors (Lipinski definition) is 0. The van der Waals surface area contributed by atoms with Crippen LogP contribution in [0.3, 0.4) is 0 Å². The van der Waals surface area contributed by atoms with Crippen molar-refractivity contribution in [3.05, 3.63) is 59.7 Å². The second kappa shape index (κ2) is 8.61. The third-order valence-corrected chi connectivity index (χ3v) is 8.17. The normalized spacial score (nSPS) is 17.0. The van der Waals surface area contributed by atoms with Gasteiger partial charge >= 0.3 is 0 Å². The van der Waals surface area contributed by atoms with E-state index in [0.717, 1.165) is 5.56 Å². The van der Waals surface area contributed by atoms with Crippen molar-refractivity contribution in [3.63, 3.8) is 0 Å². The number of rotatable bonds is 4. The Hall–Kier alpha value is -2.03. The molecule has 1 saturated heterocycles. The van der Waals surface area contributed by atoms with Crippen LogP contribution in [0.5, 0.6) is 0 Å². The van der Waals surface area contributed by atoms with Gasteiger partial charge in [-0.15, -0.1) is 0 Å². The molecule has 1 amide bonds. The fraction of sp³-hybridized carbons (Fsp3) is 0.409. The molecule has 8 heteroatoms. The molecule has 30 heavy (non-hydrogen) atoms. The van der Waals surface area contributed by atoms with E-state index in [9.17, 15) is 17.4 Å². The summed E-state index contributed by atoms with van der Waals surface area (Å²) in [4.78, 5) is 15.3. The number of benzene rings is 2. The molecule has 3 rings (SSSR count). The molecule has 0 aromatic heterocycles. The van der Waals surface area contributed by atoms with Gasteiger partial charge in [-0.1, -0.05) is 32.9 Å². The monoisotopic (exact) mass is 448 g/mol. The van der Waals surface area contributed by atoms with E-state index >= 15 is 0 Å². The number of amides is 1. The summed E-state index contributed by atoms with van der Waals surface area (Å²) >= 11 is 0. The largest absolute Gasteiger partial charge is 0.336 e. The molecule has 0 aliphatic carbocycles. The third kappa shape index (κ3) is 4.82. The van der Waals surface area contributed by atoms with Gasteiger partial charge in [-0.2, -0.15) is 4.31 Å². The number of carbonyl (C=O) groups is 1. The van der Waals surface area contributed by atoms with Gasteiger partial charge in [-0.25, -0.2) is 8.42 Å². The topological polar surface area (TPSA) is 74.8 Å². The molecule has 0 saturated carbocycles. The minimum Gasteiger partial charge on any atom is -0.336 e. The van der Waals surface area contributed by atoms with Gasteiger partial charge in [0.25, 0.3) is 5.91 Å². The lowest BCUT2D eigenvalue weighted by molar-refractivity contribution is 0.0698. The van der Waals surface area contributed by atoms with Gasteiger partial charge in [0.05, 0.1) is 4.90 Å². The van der Waals surface area contributed by atoms with Crippen LogP contribution in [0.4, 0.5) is 0 Å². The lowest BCUT2D eigenvalue weighted by Crippen LogP contribution is -2.50. The summed E-state index contributed by atoms with van der Waals surface area (Å²) < 4.78 is 38.9. The molecule has 0 N–H and O–H groups in total. The predicted molar refractivity (Wildman–Crippen MR) is 119 cm³/mol. The van der Waals surface area contributed by atoms with Gasteiger partial charge in [0.1, 0.15) is 0 Å². The Kier molecular flexibility index (Phi) is 6.50. The first-order chi connectivity index (χ1) is 14.0. The van der Waals surface area contributed by atoms with Crippen LogP contribution >= 0.6 is 0 Å². The lowest BCUT2D eigenvalue weighted by Gasteiger charge is -2.34. The van der Waals surface area contributed by atoms with Crippen LogP contribution < -0.4 is 0 Å². The summed E-state index contributed by atoms with van der Waals surface area (Å²) in [7, 11) is -4.68. The number of sulfonamides is 1. The van der Waals surface area contributed by atoms with Gasteiger partial charge in [0.15, 0.2) is 0 Å². The van der Waals surface area contributed by atoms with Gasteiger partial charge in [0, 0.05) is 53.7 Å². The minimum atomic E-state index is -3.59. The molecule has 1 fully saturated rings. The molecule has 1 atom stereocenters. The highest BCUT2D eigenvalue weighted by atomic mass is 32.2. The average molecular weight is 449 g/mol. The zero-order valence-electron chi connectivity index (χ0n) is 17.8. The van der Waals surface area contributed by atoms with Gasteiger partial charge in [-0.05, 0) is 47.4 Å². The molecule has 2 aromatic carbocycles. The molecule has 1 heterocycles. The maximum atomic E-state index is 13.0. The van der Waals surface area contributed by atoms with E-state index in [1.807, 2.05) is 12.1 Å². The van der Waals surface area contributed by atoms with Crippen molar-refractivity contribution in [3.8, 4) is 0 Å². The van der Waals surface area contributed by atoms with E-state index in [4.69, 9.17) is 0 Å². The number of hydrogen-bond acceptors (Lipinski definition) is 4. The van der Waals surface area contributed by atoms with Crippen LogP contribution in [0.2, 0.25) is 0 Å². The summed E-state index contributed by atoms with van der Waals surface area (Å²) in [6.07, 6.45) is 1.59. The van der Waals surface area contributed by atoms with Crippen molar-refractivity contribution >= 4 is 26.7 Å². The number of nitrogens with zero attached hydrogens (tertiary/aromatic N) is 2. The summed E-state index contributed by atoms with van der Waals surface area (Å²) in [6, 6.07) is 13.7. The Bertz CT molecular complexity index is 1030. The van der Waals surface area contributed by atoms with Crippen LogP contribution in [0.1, 0.15) is 36.7 Å². The molecule has 1 unspecified atom stereocenters. The molecule has 162 valence electrons. The Balaban J connectivity index is 1.66.